The second-order valence-corrected chi connectivity index (χ2v) is 11.4. The number of fused-ring (bicyclic) bond motifs is 1. The molecule has 0 radical (unpaired) electrons. The molecule has 7 nitrogen and oxygen atoms in total. The first kappa shape index (κ1) is 23.3. The summed E-state index contributed by atoms with van der Waals surface area (Å²) in [6.45, 7) is 4.00. The van der Waals surface area contributed by atoms with Crippen LogP contribution in [0.3, 0.4) is 0 Å². The van der Waals surface area contributed by atoms with Crippen LogP contribution in [0, 0.1) is 11.8 Å². The lowest BCUT2D eigenvalue weighted by Crippen LogP contribution is -2.50. The van der Waals surface area contributed by atoms with Crippen molar-refractivity contribution in [3.8, 4) is 5.75 Å². The van der Waals surface area contributed by atoms with Gasteiger partial charge in [0.25, 0.3) is 0 Å². The van der Waals surface area contributed by atoms with E-state index in [1.807, 2.05) is 19.1 Å². The maximum Gasteiger partial charge on any atom is 0.247 e. The zero-order chi connectivity index (χ0) is 23.0. The van der Waals surface area contributed by atoms with Crippen LogP contribution in [0.5, 0.6) is 5.75 Å². The number of carbonyl (C=O) groups is 1. The minimum absolute atomic E-state index is 0.114. The molecule has 32 heavy (non-hydrogen) atoms. The summed E-state index contributed by atoms with van der Waals surface area (Å²) in [7, 11) is -2.06. The Morgan fingerprint density at radius 2 is 2.09 bits per heavy atom. The molecule has 4 rings (SSSR count). The first-order chi connectivity index (χ1) is 15.2. The molecule has 2 aliphatic carbocycles. The van der Waals surface area contributed by atoms with Gasteiger partial charge in [0, 0.05) is 31.5 Å². The first-order valence-corrected chi connectivity index (χ1v) is 13.0. The molecule has 0 bridgehead atoms. The van der Waals surface area contributed by atoms with E-state index in [1.165, 1.54) is 9.88 Å². The maximum absolute atomic E-state index is 13.5. The van der Waals surface area contributed by atoms with E-state index in [4.69, 9.17) is 4.74 Å². The summed E-state index contributed by atoms with van der Waals surface area (Å²) in [6.07, 6.45) is 6.80. The van der Waals surface area contributed by atoms with Crippen molar-refractivity contribution in [2.75, 3.05) is 26.7 Å². The van der Waals surface area contributed by atoms with Crippen molar-refractivity contribution in [1.29, 1.82) is 0 Å². The fourth-order valence-electron chi connectivity index (χ4n) is 4.58. The number of amides is 1. The van der Waals surface area contributed by atoms with Crippen LogP contribution in [0.2, 0.25) is 0 Å². The Balaban J connectivity index is 1.73. The zero-order valence-electron chi connectivity index (χ0n) is 19.2. The van der Waals surface area contributed by atoms with Gasteiger partial charge in [0.2, 0.25) is 15.9 Å². The van der Waals surface area contributed by atoms with Crippen LogP contribution in [0.15, 0.2) is 29.2 Å². The van der Waals surface area contributed by atoms with Crippen LogP contribution in [0.1, 0.15) is 51.5 Å². The third-order valence-corrected chi connectivity index (χ3v) is 8.86. The number of rotatable bonds is 6. The minimum atomic E-state index is -3.85. The minimum Gasteiger partial charge on any atom is -0.487 e. The summed E-state index contributed by atoms with van der Waals surface area (Å²) in [5, 5.41) is 9.76. The maximum atomic E-state index is 13.5. The lowest BCUT2D eigenvalue weighted by molar-refractivity contribution is -0.132. The van der Waals surface area contributed by atoms with Gasteiger partial charge < -0.3 is 14.7 Å². The Hall–Kier alpha value is -1.90. The molecule has 0 spiro atoms. The molecular formula is C24H34N2O5S. The molecule has 3 atom stereocenters. The highest BCUT2D eigenvalue weighted by molar-refractivity contribution is 7.89. The Labute approximate surface area is 191 Å². The molecule has 0 saturated heterocycles. The first-order valence-electron chi connectivity index (χ1n) is 11.6. The van der Waals surface area contributed by atoms with Crippen LogP contribution < -0.4 is 4.74 Å². The molecule has 1 fully saturated rings. The monoisotopic (exact) mass is 462 g/mol. The number of nitrogens with zero attached hydrogens (tertiary/aromatic N) is 2. The van der Waals surface area contributed by atoms with Gasteiger partial charge in [-0.25, -0.2) is 8.42 Å². The molecule has 1 aromatic rings. The van der Waals surface area contributed by atoms with E-state index in [0.29, 0.717) is 12.3 Å². The van der Waals surface area contributed by atoms with Gasteiger partial charge in [0.05, 0.1) is 13.2 Å². The predicted molar refractivity (Wildman–Crippen MR) is 123 cm³/mol. The van der Waals surface area contributed by atoms with Crippen molar-refractivity contribution in [3.63, 3.8) is 0 Å². The molecule has 0 aromatic heterocycles. The molecule has 8 heteroatoms. The van der Waals surface area contributed by atoms with Crippen molar-refractivity contribution in [2.45, 2.75) is 63.0 Å². The van der Waals surface area contributed by atoms with Crippen molar-refractivity contribution < 1.29 is 23.1 Å². The lowest BCUT2D eigenvalue weighted by atomic mass is 10.0. The quantitative estimate of drug-likeness (QED) is 0.702. The van der Waals surface area contributed by atoms with Gasteiger partial charge in [-0.2, -0.15) is 4.31 Å². The van der Waals surface area contributed by atoms with Crippen molar-refractivity contribution >= 4 is 21.5 Å². The fourth-order valence-corrected chi connectivity index (χ4v) is 6.40. The Morgan fingerprint density at radius 1 is 1.34 bits per heavy atom. The van der Waals surface area contributed by atoms with E-state index in [-0.39, 0.29) is 41.9 Å². The number of aliphatic hydroxyl groups excluding tert-OH is 1. The Morgan fingerprint density at radius 3 is 2.72 bits per heavy atom. The molecule has 1 aromatic carbocycles. The van der Waals surface area contributed by atoms with E-state index in [2.05, 4.69) is 6.08 Å². The summed E-state index contributed by atoms with van der Waals surface area (Å²) >= 11 is 0. The van der Waals surface area contributed by atoms with E-state index < -0.39 is 16.1 Å². The van der Waals surface area contributed by atoms with Crippen molar-refractivity contribution in [1.82, 2.24) is 9.21 Å². The van der Waals surface area contributed by atoms with Crippen LogP contribution in [0.25, 0.3) is 5.57 Å². The number of hydrogen-bond donors (Lipinski definition) is 1. The van der Waals surface area contributed by atoms with E-state index >= 15 is 0 Å². The standard InChI is InChI=1S/C24H34N2O5S/c1-16-13-26(17(2)15-27)32(29,30)23-11-10-20(18-6-4-5-7-18)12-21(23)31-22(16)14-25(3)24(28)19-8-9-19/h6,10-12,16-17,19,22,27H,4-5,7-9,13-15H2,1-3H3/t16-,17-,22-/m0/s1. The summed E-state index contributed by atoms with van der Waals surface area (Å²) < 4.78 is 34.8. The Kier molecular flexibility index (Phi) is 6.66. The van der Waals surface area contributed by atoms with Gasteiger partial charge in [-0.1, -0.05) is 19.1 Å². The summed E-state index contributed by atoms with van der Waals surface area (Å²) in [6, 6.07) is 4.75. The third-order valence-electron chi connectivity index (χ3n) is 6.84. The molecule has 176 valence electrons. The number of aliphatic hydroxyl groups is 1. The van der Waals surface area contributed by atoms with Gasteiger partial charge in [0.1, 0.15) is 16.7 Å². The highest BCUT2D eigenvalue weighted by Crippen LogP contribution is 2.38. The van der Waals surface area contributed by atoms with Crippen LogP contribution in [-0.4, -0.2) is 67.5 Å². The Bertz CT molecular complexity index is 1000. The predicted octanol–water partition coefficient (Wildman–Crippen LogP) is 2.89. The third kappa shape index (κ3) is 4.58. The number of hydrogen-bond acceptors (Lipinski definition) is 5. The summed E-state index contributed by atoms with van der Waals surface area (Å²) in [5.41, 5.74) is 2.19. The van der Waals surface area contributed by atoms with Crippen molar-refractivity contribution in [2.24, 2.45) is 11.8 Å². The fraction of sp³-hybridized carbons (Fsp3) is 0.625. The van der Waals surface area contributed by atoms with Gasteiger partial charge in [0.15, 0.2) is 0 Å². The van der Waals surface area contributed by atoms with Gasteiger partial charge in [-0.3, -0.25) is 4.79 Å². The average Bonchev–Trinajstić information content (AvgIpc) is 3.48. The largest absolute Gasteiger partial charge is 0.487 e. The number of ether oxygens (including phenoxy) is 1. The highest BCUT2D eigenvalue weighted by atomic mass is 32.2. The van der Waals surface area contributed by atoms with Crippen LogP contribution in [-0.2, 0) is 14.8 Å². The second kappa shape index (κ2) is 9.15. The van der Waals surface area contributed by atoms with Crippen molar-refractivity contribution in [3.05, 3.63) is 29.8 Å². The number of allylic oxidation sites excluding steroid dienone is 2. The van der Waals surface area contributed by atoms with Crippen LogP contribution in [0.4, 0.5) is 0 Å². The topological polar surface area (TPSA) is 87.2 Å². The molecule has 1 N–H and O–H groups in total. The lowest BCUT2D eigenvalue weighted by Gasteiger charge is -2.37. The van der Waals surface area contributed by atoms with E-state index in [0.717, 1.165) is 37.7 Å². The normalized spacial score (nSPS) is 26.3. The number of carbonyl (C=O) groups excluding carboxylic acids is 1. The molecule has 0 unspecified atom stereocenters. The van der Waals surface area contributed by atoms with Gasteiger partial charge >= 0.3 is 0 Å². The zero-order valence-corrected chi connectivity index (χ0v) is 20.0. The van der Waals surface area contributed by atoms with E-state index in [1.54, 1.807) is 24.9 Å². The van der Waals surface area contributed by atoms with E-state index in [9.17, 15) is 18.3 Å². The second-order valence-electron chi connectivity index (χ2n) is 9.52. The average molecular weight is 463 g/mol. The summed E-state index contributed by atoms with van der Waals surface area (Å²) in [5.74, 6) is 0.398. The molecule has 1 saturated carbocycles. The molecular weight excluding hydrogens is 428 g/mol. The SMILES string of the molecule is C[C@H]1CN([C@@H](C)CO)S(=O)(=O)c2ccc(C3=CCCC3)cc2O[C@H]1CN(C)C(=O)C1CC1. The van der Waals surface area contributed by atoms with Crippen LogP contribution >= 0.6 is 0 Å². The molecule has 3 aliphatic rings. The molecule has 1 amide bonds. The highest BCUT2D eigenvalue weighted by Gasteiger charge is 2.39. The number of benzene rings is 1. The number of likely N-dealkylation sites (N-methyl/N-ethyl adjacent to an activating group) is 1. The number of sulfonamides is 1. The van der Waals surface area contributed by atoms with Gasteiger partial charge in [-0.15, -0.1) is 0 Å². The van der Waals surface area contributed by atoms with Gasteiger partial charge in [-0.05, 0) is 62.3 Å². The smallest absolute Gasteiger partial charge is 0.247 e. The summed E-state index contributed by atoms with van der Waals surface area (Å²) in [4.78, 5) is 14.4. The molecule has 1 aliphatic heterocycles. The molecule has 1 heterocycles.